The number of likely N-dealkylation sites (tertiary alicyclic amines) is 1. The summed E-state index contributed by atoms with van der Waals surface area (Å²) in [6, 6.07) is -0.00801. The van der Waals surface area contributed by atoms with Gasteiger partial charge in [0.1, 0.15) is 5.69 Å². The van der Waals surface area contributed by atoms with Crippen LogP contribution < -0.4 is 0 Å². The highest BCUT2D eigenvalue weighted by Gasteiger charge is 2.41. The van der Waals surface area contributed by atoms with Crippen LogP contribution >= 0.6 is 0 Å². The average molecular weight is 370 g/mol. The van der Waals surface area contributed by atoms with Crippen LogP contribution in [0.5, 0.6) is 0 Å². The number of nitrogens with zero attached hydrogens (tertiary/aromatic N) is 6. The quantitative estimate of drug-likeness (QED) is 0.648. The summed E-state index contributed by atoms with van der Waals surface area (Å²) in [6.07, 6.45) is 3.31. The van der Waals surface area contributed by atoms with Gasteiger partial charge >= 0.3 is 0 Å². The van der Waals surface area contributed by atoms with Crippen LogP contribution in [0.15, 0.2) is 6.20 Å². The molecule has 3 fully saturated rings. The van der Waals surface area contributed by atoms with Gasteiger partial charge in [-0.25, -0.2) is 4.68 Å². The second kappa shape index (κ2) is 6.63. The van der Waals surface area contributed by atoms with Gasteiger partial charge in [-0.15, -0.1) is 5.10 Å². The minimum atomic E-state index is -3.41. The number of ether oxygens (including phenoxy) is 1. The van der Waals surface area contributed by atoms with E-state index in [0.717, 1.165) is 18.7 Å². The standard InChI is InChI=1S/C14H22N6O4S/c21-14-2-1-3-17(14)8-12-9-20(16-15-12)13-10-19(11-13)25(22,23)18-4-6-24-7-5-18/h9,13H,1-8,10-11H2. The molecule has 0 N–H and O–H groups in total. The Balaban J connectivity index is 1.34. The SMILES string of the molecule is O=C1CCCN1Cc1cn(C2CN(S(=O)(=O)N3CCOCC3)C2)nn1. The lowest BCUT2D eigenvalue weighted by atomic mass is 10.2. The molecule has 25 heavy (non-hydrogen) atoms. The summed E-state index contributed by atoms with van der Waals surface area (Å²) in [4.78, 5) is 13.5. The van der Waals surface area contributed by atoms with Crippen molar-refractivity contribution in [1.82, 2.24) is 28.5 Å². The molecule has 0 unspecified atom stereocenters. The Morgan fingerprint density at radius 2 is 1.92 bits per heavy atom. The fourth-order valence-corrected chi connectivity index (χ4v) is 5.00. The fourth-order valence-electron chi connectivity index (χ4n) is 3.34. The van der Waals surface area contributed by atoms with Gasteiger partial charge in [-0.05, 0) is 6.42 Å². The summed E-state index contributed by atoms with van der Waals surface area (Å²) >= 11 is 0. The molecule has 4 heterocycles. The lowest BCUT2D eigenvalue weighted by Crippen LogP contribution is -2.57. The predicted molar refractivity (Wildman–Crippen MR) is 86.6 cm³/mol. The lowest BCUT2D eigenvalue weighted by molar-refractivity contribution is -0.128. The second-order valence-corrected chi connectivity index (χ2v) is 8.53. The van der Waals surface area contributed by atoms with Crippen molar-refractivity contribution >= 4 is 16.1 Å². The largest absolute Gasteiger partial charge is 0.379 e. The Morgan fingerprint density at radius 3 is 2.60 bits per heavy atom. The van der Waals surface area contributed by atoms with Crippen LogP contribution in [0.1, 0.15) is 24.6 Å². The van der Waals surface area contributed by atoms with E-state index < -0.39 is 10.2 Å². The Kier molecular flexibility index (Phi) is 4.48. The summed E-state index contributed by atoms with van der Waals surface area (Å²) in [5, 5.41) is 8.23. The number of hydrogen-bond donors (Lipinski definition) is 0. The Labute approximate surface area is 146 Å². The molecule has 11 heteroatoms. The third kappa shape index (κ3) is 3.28. The molecule has 0 saturated carbocycles. The highest BCUT2D eigenvalue weighted by molar-refractivity contribution is 7.86. The van der Waals surface area contributed by atoms with Crippen molar-refractivity contribution in [2.45, 2.75) is 25.4 Å². The normalized spacial score (nSPS) is 24.0. The number of morpholine rings is 1. The molecule has 0 atom stereocenters. The van der Waals surface area contributed by atoms with Crippen molar-refractivity contribution in [3.8, 4) is 0 Å². The van der Waals surface area contributed by atoms with Gasteiger partial charge < -0.3 is 9.64 Å². The van der Waals surface area contributed by atoms with E-state index in [1.165, 1.54) is 8.61 Å². The third-order valence-corrected chi connectivity index (χ3v) is 6.88. The van der Waals surface area contributed by atoms with E-state index in [-0.39, 0.29) is 11.9 Å². The molecule has 0 bridgehead atoms. The molecule has 10 nitrogen and oxygen atoms in total. The van der Waals surface area contributed by atoms with Gasteiger partial charge in [0, 0.05) is 39.1 Å². The first-order valence-electron chi connectivity index (χ1n) is 8.55. The van der Waals surface area contributed by atoms with Crippen LogP contribution in [-0.4, -0.2) is 88.8 Å². The second-order valence-electron chi connectivity index (χ2n) is 6.60. The maximum atomic E-state index is 12.5. The van der Waals surface area contributed by atoms with Gasteiger partial charge in [0.05, 0.1) is 32.0 Å². The molecule has 1 amide bonds. The molecule has 0 radical (unpaired) electrons. The molecule has 4 rings (SSSR count). The number of aromatic nitrogens is 3. The highest BCUT2D eigenvalue weighted by atomic mass is 32.2. The zero-order valence-electron chi connectivity index (χ0n) is 14.0. The van der Waals surface area contributed by atoms with Crippen LogP contribution in [0.25, 0.3) is 0 Å². The van der Waals surface area contributed by atoms with Gasteiger partial charge in [-0.3, -0.25) is 4.79 Å². The van der Waals surface area contributed by atoms with Crippen molar-refractivity contribution in [3.05, 3.63) is 11.9 Å². The van der Waals surface area contributed by atoms with Crippen molar-refractivity contribution in [1.29, 1.82) is 0 Å². The summed E-state index contributed by atoms with van der Waals surface area (Å²) in [7, 11) is -3.41. The molecule has 138 valence electrons. The number of rotatable bonds is 5. The van der Waals surface area contributed by atoms with E-state index in [0.29, 0.717) is 52.4 Å². The Hall–Kier alpha value is -1.56. The van der Waals surface area contributed by atoms with Crippen molar-refractivity contribution in [2.75, 3.05) is 45.9 Å². The molecule has 3 aliphatic rings. The average Bonchev–Trinajstić information content (AvgIpc) is 3.17. The number of hydrogen-bond acceptors (Lipinski definition) is 6. The maximum Gasteiger partial charge on any atom is 0.282 e. The van der Waals surface area contributed by atoms with Crippen LogP contribution in [-0.2, 0) is 26.3 Å². The maximum absolute atomic E-state index is 12.5. The van der Waals surface area contributed by atoms with E-state index in [1.807, 2.05) is 6.20 Å². The minimum absolute atomic E-state index is 0.00801. The molecule has 0 aromatic carbocycles. The van der Waals surface area contributed by atoms with E-state index in [9.17, 15) is 13.2 Å². The predicted octanol–water partition coefficient (Wildman–Crippen LogP) is -1.17. The van der Waals surface area contributed by atoms with Crippen LogP contribution in [0.3, 0.4) is 0 Å². The van der Waals surface area contributed by atoms with Crippen LogP contribution in [0.2, 0.25) is 0 Å². The monoisotopic (exact) mass is 370 g/mol. The number of carbonyl (C=O) groups excluding carboxylic acids is 1. The van der Waals surface area contributed by atoms with Crippen molar-refractivity contribution < 1.29 is 17.9 Å². The topological polar surface area (TPSA) is 101 Å². The summed E-state index contributed by atoms with van der Waals surface area (Å²) < 4.78 is 34.9. The number of carbonyl (C=O) groups is 1. The smallest absolute Gasteiger partial charge is 0.282 e. The first-order valence-corrected chi connectivity index (χ1v) is 9.95. The van der Waals surface area contributed by atoms with Gasteiger partial charge in [0.15, 0.2) is 0 Å². The third-order valence-electron chi connectivity index (χ3n) is 4.91. The molecule has 1 aromatic rings. The molecular weight excluding hydrogens is 348 g/mol. The van der Waals surface area contributed by atoms with Gasteiger partial charge in [-0.1, -0.05) is 5.21 Å². The summed E-state index contributed by atoms with van der Waals surface area (Å²) in [6.45, 7) is 3.72. The molecule has 3 aliphatic heterocycles. The first-order chi connectivity index (χ1) is 12.0. The summed E-state index contributed by atoms with van der Waals surface area (Å²) in [5.41, 5.74) is 0.740. The number of amides is 1. The van der Waals surface area contributed by atoms with Crippen LogP contribution in [0.4, 0.5) is 0 Å². The van der Waals surface area contributed by atoms with E-state index in [4.69, 9.17) is 4.74 Å². The van der Waals surface area contributed by atoms with Crippen molar-refractivity contribution in [3.63, 3.8) is 0 Å². The van der Waals surface area contributed by atoms with E-state index in [2.05, 4.69) is 10.3 Å². The zero-order chi connectivity index (χ0) is 17.4. The minimum Gasteiger partial charge on any atom is -0.379 e. The molecule has 0 aliphatic carbocycles. The fraction of sp³-hybridized carbons (Fsp3) is 0.786. The summed E-state index contributed by atoms with van der Waals surface area (Å²) in [5.74, 6) is 0.154. The molecular formula is C14H22N6O4S. The molecule has 1 aromatic heterocycles. The lowest BCUT2D eigenvalue weighted by Gasteiger charge is -2.41. The van der Waals surface area contributed by atoms with Gasteiger partial charge in [0.25, 0.3) is 10.2 Å². The highest BCUT2D eigenvalue weighted by Crippen LogP contribution is 2.26. The zero-order valence-corrected chi connectivity index (χ0v) is 14.8. The molecule has 0 spiro atoms. The van der Waals surface area contributed by atoms with Gasteiger partial charge in [0.2, 0.25) is 5.91 Å². The molecule has 3 saturated heterocycles. The van der Waals surface area contributed by atoms with Gasteiger partial charge in [-0.2, -0.15) is 17.0 Å². The Bertz CT molecular complexity index is 738. The first kappa shape index (κ1) is 16.9. The van der Waals surface area contributed by atoms with E-state index in [1.54, 1.807) is 9.58 Å². The van der Waals surface area contributed by atoms with Crippen molar-refractivity contribution in [2.24, 2.45) is 0 Å². The Morgan fingerprint density at radius 1 is 1.16 bits per heavy atom. The van der Waals surface area contributed by atoms with Crippen LogP contribution in [0, 0.1) is 0 Å². The van der Waals surface area contributed by atoms with E-state index >= 15 is 0 Å².